The average Bonchev–Trinajstić information content (AvgIpc) is 2.35. The van der Waals surface area contributed by atoms with E-state index in [0.29, 0.717) is 6.54 Å². The van der Waals surface area contributed by atoms with Gasteiger partial charge in [0.2, 0.25) is 0 Å². The van der Waals surface area contributed by atoms with E-state index in [2.05, 4.69) is 27.4 Å². The van der Waals surface area contributed by atoms with Crippen molar-refractivity contribution in [2.45, 2.75) is 13.3 Å². The van der Waals surface area contributed by atoms with Crippen molar-refractivity contribution in [3.05, 3.63) is 47.9 Å². The van der Waals surface area contributed by atoms with Gasteiger partial charge in [-0.25, -0.2) is 4.98 Å². The molecule has 0 radical (unpaired) electrons. The lowest BCUT2D eigenvalue weighted by atomic mass is 10.1. The van der Waals surface area contributed by atoms with Crippen LogP contribution in [0, 0.1) is 6.92 Å². The molecule has 4 heteroatoms. The lowest BCUT2D eigenvalue weighted by Gasteiger charge is -2.08. The summed E-state index contributed by atoms with van der Waals surface area (Å²) in [4.78, 5) is 8.42. The first kappa shape index (κ1) is 11.5. The highest BCUT2D eigenvalue weighted by atomic mass is 15.0. The topological polar surface area (TPSA) is 63.8 Å². The van der Waals surface area contributed by atoms with Gasteiger partial charge in [-0.15, -0.1) is 0 Å². The highest BCUT2D eigenvalue weighted by molar-refractivity contribution is 5.57. The molecule has 2 aromatic rings. The molecule has 0 unspecified atom stereocenters. The second-order valence-electron chi connectivity index (χ2n) is 3.85. The van der Waals surface area contributed by atoms with Crippen molar-refractivity contribution < 1.29 is 0 Å². The number of nitrogens with one attached hydrogen (secondary N) is 1. The van der Waals surface area contributed by atoms with E-state index in [1.54, 1.807) is 12.4 Å². The van der Waals surface area contributed by atoms with Crippen molar-refractivity contribution in [3.63, 3.8) is 0 Å². The zero-order valence-corrected chi connectivity index (χ0v) is 9.85. The van der Waals surface area contributed by atoms with Crippen LogP contribution in [0.15, 0.2) is 36.7 Å². The van der Waals surface area contributed by atoms with Gasteiger partial charge in [0.25, 0.3) is 0 Å². The summed E-state index contributed by atoms with van der Waals surface area (Å²) in [5.41, 5.74) is 8.65. The normalized spacial score (nSPS) is 10.2. The third-order valence-electron chi connectivity index (χ3n) is 2.53. The number of aryl methyl sites for hydroxylation is 1. The van der Waals surface area contributed by atoms with E-state index in [1.165, 1.54) is 5.56 Å². The predicted octanol–water partition coefficient (Wildman–Crippen LogP) is 2.03. The summed E-state index contributed by atoms with van der Waals surface area (Å²) in [6.07, 6.45) is 4.27. The molecule has 1 heterocycles. The van der Waals surface area contributed by atoms with Gasteiger partial charge < -0.3 is 11.1 Å². The maximum absolute atomic E-state index is 5.51. The third-order valence-corrected chi connectivity index (χ3v) is 2.53. The molecule has 0 saturated carbocycles. The van der Waals surface area contributed by atoms with Crippen LogP contribution in [0.5, 0.6) is 0 Å². The lowest BCUT2D eigenvalue weighted by Crippen LogP contribution is -2.02. The standard InChI is InChI=1S/C13H16N4/c1-10-13(16-9-8-15-10)17-12-4-2-11(3-5-12)6-7-14/h2-5,8-9H,6-7,14H2,1H3,(H,16,17). The second-order valence-corrected chi connectivity index (χ2v) is 3.85. The van der Waals surface area contributed by atoms with Gasteiger partial charge in [-0.3, -0.25) is 4.98 Å². The summed E-state index contributed by atoms with van der Waals surface area (Å²) in [7, 11) is 0. The molecule has 1 aromatic heterocycles. The summed E-state index contributed by atoms with van der Waals surface area (Å²) in [5.74, 6) is 0.791. The van der Waals surface area contributed by atoms with Crippen molar-refractivity contribution in [2.24, 2.45) is 5.73 Å². The van der Waals surface area contributed by atoms with Gasteiger partial charge in [0, 0.05) is 18.1 Å². The lowest BCUT2D eigenvalue weighted by molar-refractivity contribution is 0.969. The number of nitrogens with zero attached hydrogens (tertiary/aromatic N) is 2. The number of benzene rings is 1. The molecule has 88 valence electrons. The van der Waals surface area contributed by atoms with Gasteiger partial charge in [0.1, 0.15) is 0 Å². The Balaban J connectivity index is 2.11. The number of rotatable bonds is 4. The Hall–Kier alpha value is -1.94. The van der Waals surface area contributed by atoms with Gasteiger partial charge in [0.15, 0.2) is 5.82 Å². The Bertz CT molecular complexity index is 479. The minimum absolute atomic E-state index is 0.677. The first-order valence-corrected chi connectivity index (χ1v) is 5.63. The molecule has 2 rings (SSSR count). The van der Waals surface area contributed by atoms with Crippen LogP contribution < -0.4 is 11.1 Å². The van der Waals surface area contributed by atoms with Crippen molar-refractivity contribution >= 4 is 11.5 Å². The first-order chi connectivity index (χ1) is 8.29. The molecule has 0 bridgehead atoms. The second kappa shape index (κ2) is 5.41. The minimum atomic E-state index is 0.677. The van der Waals surface area contributed by atoms with Crippen molar-refractivity contribution in [1.29, 1.82) is 0 Å². The van der Waals surface area contributed by atoms with Crippen LogP contribution in [0.2, 0.25) is 0 Å². The summed E-state index contributed by atoms with van der Waals surface area (Å²) >= 11 is 0. The molecule has 0 aliphatic heterocycles. The minimum Gasteiger partial charge on any atom is -0.339 e. The maximum Gasteiger partial charge on any atom is 0.151 e. The summed E-state index contributed by atoms with van der Waals surface area (Å²) in [6.45, 7) is 2.61. The van der Waals surface area contributed by atoms with Gasteiger partial charge >= 0.3 is 0 Å². The zero-order valence-electron chi connectivity index (χ0n) is 9.85. The molecule has 0 aliphatic rings. The van der Waals surface area contributed by atoms with E-state index in [1.807, 2.05) is 19.1 Å². The third kappa shape index (κ3) is 3.01. The zero-order chi connectivity index (χ0) is 12.1. The molecule has 0 amide bonds. The molecule has 0 atom stereocenters. The fourth-order valence-corrected chi connectivity index (χ4v) is 1.59. The predicted molar refractivity (Wildman–Crippen MR) is 69.3 cm³/mol. The van der Waals surface area contributed by atoms with Crippen molar-refractivity contribution in [1.82, 2.24) is 9.97 Å². The summed E-state index contributed by atoms with van der Waals surface area (Å²) in [5, 5.41) is 3.24. The Morgan fingerprint density at radius 3 is 2.47 bits per heavy atom. The Labute approximate surface area is 101 Å². The van der Waals surface area contributed by atoms with Gasteiger partial charge in [-0.2, -0.15) is 0 Å². The number of aromatic nitrogens is 2. The fourth-order valence-electron chi connectivity index (χ4n) is 1.59. The molecule has 17 heavy (non-hydrogen) atoms. The molecule has 0 saturated heterocycles. The number of nitrogens with two attached hydrogens (primary N) is 1. The van der Waals surface area contributed by atoms with E-state index in [0.717, 1.165) is 23.6 Å². The van der Waals surface area contributed by atoms with Crippen LogP contribution in [-0.2, 0) is 6.42 Å². The molecule has 1 aromatic carbocycles. The van der Waals surface area contributed by atoms with E-state index >= 15 is 0 Å². The van der Waals surface area contributed by atoms with Crippen LogP contribution in [-0.4, -0.2) is 16.5 Å². The van der Waals surface area contributed by atoms with E-state index in [9.17, 15) is 0 Å². The maximum atomic E-state index is 5.51. The van der Waals surface area contributed by atoms with Crippen molar-refractivity contribution in [3.8, 4) is 0 Å². The average molecular weight is 228 g/mol. The molecule has 0 spiro atoms. The quantitative estimate of drug-likeness (QED) is 0.840. The molecule has 0 fully saturated rings. The number of anilines is 2. The number of hydrogen-bond donors (Lipinski definition) is 2. The SMILES string of the molecule is Cc1nccnc1Nc1ccc(CCN)cc1. The van der Waals surface area contributed by atoms with Crippen LogP contribution >= 0.6 is 0 Å². The Morgan fingerprint density at radius 2 is 1.82 bits per heavy atom. The smallest absolute Gasteiger partial charge is 0.151 e. The molecular formula is C13H16N4. The molecule has 4 nitrogen and oxygen atoms in total. The van der Waals surface area contributed by atoms with E-state index < -0.39 is 0 Å². The first-order valence-electron chi connectivity index (χ1n) is 5.63. The highest BCUT2D eigenvalue weighted by Gasteiger charge is 2.00. The highest BCUT2D eigenvalue weighted by Crippen LogP contribution is 2.16. The molecule has 0 aliphatic carbocycles. The van der Waals surface area contributed by atoms with Gasteiger partial charge in [-0.1, -0.05) is 12.1 Å². The summed E-state index contributed by atoms with van der Waals surface area (Å²) in [6, 6.07) is 8.19. The summed E-state index contributed by atoms with van der Waals surface area (Å²) < 4.78 is 0. The monoisotopic (exact) mass is 228 g/mol. The van der Waals surface area contributed by atoms with E-state index in [-0.39, 0.29) is 0 Å². The van der Waals surface area contributed by atoms with Crippen LogP contribution in [0.4, 0.5) is 11.5 Å². The Kier molecular flexibility index (Phi) is 3.67. The molecular weight excluding hydrogens is 212 g/mol. The number of hydrogen-bond acceptors (Lipinski definition) is 4. The van der Waals surface area contributed by atoms with Crippen LogP contribution in [0.3, 0.4) is 0 Å². The fraction of sp³-hybridized carbons (Fsp3) is 0.231. The molecule has 3 N–H and O–H groups in total. The van der Waals surface area contributed by atoms with Crippen molar-refractivity contribution in [2.75, 3.05) is 11.9 Å². The largest absolute Gasteiger partial charge is 0.339 e. The Morgan fingerprint density at radius 1 is 1.12 bits per heavy atom. The van der Waals surface area contributed by atoms with Gasteiger partial charge in [-0.05, 0) is 37.6 Å². The van der Waals surface area contributed by atoms with Gasteiger partial charge in [0.05, 0.1) is 5.69 Å². The van der Waals surface area contributed by atoms with Crippen LogP contribution in [0.25, 0.3) is 0 Å². The van der Waals surface area contributed by atoms with Crippen LogP contribution in [0.1, 0.15) is 11.3 Å². The van der Waals surface area contributed by atoms with E-state index in [4.69, 9.17) is 5.73 Å².